The number of amides is 1. The van der Waals surface area contributed by atoms with Gasteiger partial charge >= 0.3 is 0 Å². The molecule has 1 N–H and O–H groups in total. The van der Waals surface area contributed by atoms with Gasteiger partial charge in [0, 0.05) is 17.7 Å². The number of carbonyl (C=O) groups excluding carboxylic acids is 1. The minimum atomic E-state index is -0.318. The van der Waals surface area contributed by atoms with Gasteiger partial charge in [0.2, 0.25) is 5.91 Å². The third kappa shape index (κ3) is 3.24. The Bertz CT molecular complexity index is 1010. The highest BCUT2D eigenvalue weighted by Gasteiger charge is 2.40. The minimum absolute atomic E-state index is 0.0365. The summed E-state index contributed by atoms with van der Waals surface area (Å²) in [5.41, 5.74) is 3.05. The largest absolute Gasteiger partial charge is 0.302 e. The molecule has 2 heterocycles. The predicted octanol–water partition coefficient (Wildman–Crippen LogP) is 4.79. The molecule has 1 fully saturated rings. The second-order valence-corrected chi connectivity index (χ2v) is 9.67. The highest BCUT2D eigenvalue weighted by molar-refractivity contribution is 7.22. The molecule has 4 rings (SSSR count). The van der Waals surface area contributed by atoms with Gasteiger partial charge in [-0.2, -0.15) is 0 Å². The summed E-state index contributed by atoms with van der Waals surface area (Å²) in [5, 5.41) is 3.72. The first-order chi connectivity index (χ1) is 12.3. The molecule has 1 unspecified atom stereocenters. The zero-order valence-electron chi connectivity index (χ0n) is 14.5. The number of rotatable bonds is 3. The predicted molar refractivity (Wildman–Crippen MR) is 107 cm³/mol. The normalized spacial score (nSPS) is 22.2. The fourth-order valence-corrected chi connectivity index (χ4v) is 4.87. The van der Waals surface area contributed by atoms with Gasteiger partial charge in [-0.25, -0.2) is 9.37 Å². The zero-order valence-corrected chi connectivity index (χ0v) is 16.5. The monoisotopic (exact) mass is 387 g/mol. The summed E-state index contributed by atoms with van der Waals surface area (Å²) >= 11 is 1.43. The van der Waals surface area contributed by atoms with Crippen molar-refractivity contribution in [2.75, 3.05) is 5.32 Å². The Morgan fingerprint density at radius 2 is 2.15 bits per heavy atom. The highest BCUT2D eigenvalue weighted by Crippen LogP contribution is 2.45. The van der Waals surface area contributed by atoms with E-state index in [1.807, 2.05) is 18.2 Å². The van der Waals surface area contributed by atoms with E-state index in [1.54, 1.807) is 13.1 Å². The van der Waals surface area contributed by atoms with Gasteiger partial charge in [-0.3, -0.25) is 9.78 Å². The van der Waals surface area contributed by atoms with Gasteiger partial charge in [-0.1, -0.05) is 24.3 Å². The summed E-state index contributed by atoms with van der Waals surface area (Å²) in [6, 6.07) is 5.77. The number of hydrogen-bond donors (Lipinski definition) is 1. The zero-order chi connectivity index (χ0) is 18.5. The van der Waals surface area contributed by atoms with Crippen LogP contribution in [0.1, 0.15) is 25.3 Å². The van der Waals surface area contributed by atoms with E-state index in [2.05, 4.69) is 31.4 Å². The number of benzene rings is 1. The average molecular weight is 387 g/mol. The number of nitrogens with one attached hydrogen (secondary N) is 1. The molecule has 0 aliphatic heterocycles. The van der Waals surface area contributed by atoms with Crippen LogP contribution in [0.4, 0.5) is 9.52 Å². The van der Waals surface area contributed by atoms with E-state index in [4.69, 9.17) is 0 Å². The number of halogens is 1. The Balaban J connectivity index is 1.58. The van der Waals surface area contributed by atoms with Gasteiger partial charge in [0.05, 0.1) is 16.4 Å². The molecule has 2 aromatic heterocycles. The lowest BCUT2D eigenvalue weighted by Crippen LogP contribution is -2.42. The average Bonchev–Trinajstić information content (AvgIpc) is 2.96. The number of pyridine rings is 1. The molecule has 7 heteroatoms. The van der Waals surface area contributed by atoms with Gasteiger partial charge in [0.15, 0.2) is 5.13 Å². The molecule has 1 amide bonds. The van der Waals surface area contributed by atoms with E-state index in [1.165, 1.54) is 17.5 Å². The quantitative estimate of drug-likeness (QED) is 0.658. The van der Waals surface area contributed by atoms with Gasteiger partial charge in [-0.15, -0.1) is 9.24 Å². The molecule has 26 heavy (non-hydrogen) atoms. The number of carbonyl (C=O) groups is 1. The summed E-state index contributed by atoms with van der Waals surface area (Å²) in [5.74, 6) is -0.225. The Morgan fingerprint density at radius 1 is 1.38 bits per heavy atom. The molecule has 1 aliphatic rings. The van der Waals surface area contributed by atoms with Crippen LogP contribution < -0.4 is 5.32 Å². The van der Waals surface area contributed by atoms with Crippen molar-refractivity contribution in [1.29, 1.82) is 0 Å². The third-order valence-corrected chi connectivity index (χ3v) is 6.28. The molecular formula is C19H19FN3OPS. The Kier molecular flexibility index (Phi) is 4.28. The van der Waals surface area contributed by atoms with Gasteiger partial charge in [0.25, 0.3) is 0 Å². The van der Waals surface area contributed by atoms with Crippen molar-refractivity contribution in [3.8, 4) is 11.1 Å². The summed E-state index contributed by atoms with van der Waals surface area (Å²) in [4.78, 5) is 20.8. The van der Waals surface area contributed by atoms with Crippen molar-refractivity contribution in [2.24, 2.45) is 5.92 Å². The van der Waals surface area contributed by atoms with E-state index in [0.29, 0.717) is 10.7 Å². The van der Waals surface area contributed by atoms with Gasteiger partial charge < -0.3 is 5.32 Å². The van der Waals surface area contributed by atoms with E-state index in [-0.39, 0.29) is 22.8 Å². The molecule has 134 valence electrons. The number of aromatic nitrogens is 2. The second-order valence-electron chi connectivity index (χ2n) is 7.24. The number of fused-ring (bicyclic) bond motifs is 1. The second kappa shape index (κ2) is 6.36. The van der Waals surface area contributed by atoms with Gasteiger partial charge in [0.1, 0.15) is 5.82 Å². The fourth-order valence-electron chi connectivity index (χ4n) is 3.40. The number of thiazole rings is 1. The van der Waals surface area contributed by atoms with Crippen LogP contribution in [0, 0.1) is 18.7 Å². The smallest absolute Gasteiger partial charge is 0.229 e. The maximum atomic E-state index is 13.8. The van der Waals surface area contributed by atoms with Crippen LogP contribution in [0.15, 0.2) is 30.6 Å². The first-order valence-electron chi connectivity index (χ1n) is 8.43. The van der Waals surface area contributed by atoms with Crippen molar-refractivity contribution < 1.29 is 9.18 Å². The molecule has 1 atom stereocenters. The van der Waals surface area contributed by atoms with Crippen molar-refractivity contribution in [3.05, 3.63) is 42.0 Å². The van der Waals surface area contributed by atoms with Crippen LogP contribution in [0.2, 0.25) is 0 Å². The third-order valence-electron chi connectivity index (χ3n) is 4.88. The SMILES string of the molecule is Cc1c(F)cncc1-c1ccc2nc(NC(=O)C3CC(C)(P)C3)sc2c1. The molecule has 4 nitrogen and oxygen atoms in total. The minimum Gasteiger partial charge on any atom is -0.302 e. The van der Waals surface area contributed by atoms with E-state index < -0.39 is 0 Å². The van der Waals surface area contributed by atoms with E-state index in [9.17, 15) is 9.18 Å². The maximum absolute atomic E-state index is 13.8. The molecule has 0 spiro atoms. The fraction of sp³-hybridized carbons (Fsp3) is 0.316. The molecule has 1 saturated carbocycles. The summed E-state index contributed by atoms with van der Waals surface area (Å²) in [6.07, 6.45) is 4.65. The lowest BCUT2D eigenvalue weighted by molar-refractivity contribution is -0.122. The van der Waals surface area contributed by atoms with Crippen LogP contribution in [0.3, 0.4) is 0 Å². The van der Waals surface area contributed by atoms with Crippen molar-refractivity contribution in [3.63, 3.8) is 0 Å². The first kappa shape index (κ1) is 17.5. The molecule has 1 aliphatic carbocycles. The molecular weight excluding hydrogens is 368 g/mol. The Labute approximate surface area is 157 Å². The van der Waals surface area contributed by atoms with Crippen LogP contribution >= 0.6 is 20.6 Å². The van der Waals surface area contributed by atoms with E-state index >= 15 is 0 Å². The Morgan fingerprint density at radius 3 is 2.88 bits per heavy atom. The lowest BCUT2D eigenvalue weighted by atomic mass is 9.74. The van der Waals surface area contributed by atoms with E-state index in [0.717, 1.165) is 34.2 Å². The molecule has 0 bridgehead atoms. The number of hydrogen-bond acceptors (Lipinski definition) is 4. The van der Waals surface area contributed by atoms with Crippen LogP contribution in [0.25, 0.3) is 21.3 Å². The van der Waals surface area contributed by atoms with Crippen LogP contribution in [0.5, 0.6) is 0 Å². The highest BCUT2D eigenvalue weighted by atomic mass is 32.1. The molecule has 0 radical (unpaired) electrons. The summed E-state index contributed by atoms with van der Waals surface area (Å²) < 4.78 is 14.7. The number of anilines is 1. The van der Waals surface area contributed by atoms with Crippen molar-refractivity contribution >= 4 is 41.8 Å². The Hall–Kier alpha value is -1.91. The van der Waals surface area contributed by atoms with Crippen LogP contribution in [-0.4, -0.2) is 21.0 Å². The maximum Gasteiger partial charge on any atom is 0.229 e. The summed E-state index contributed by atoms with van der Waals surface area (Å²) in [7, 11) is 2.81. The van der Waals surface area contributed by atoms with Gasteiger partial charge in [-0.05, 0) is 48.2 Å². The lowest BCUT2D eigenvalue weighted by Gasteiger charge is -2.41. The summed E-state index contributed by atoms with van der Waals surface area (Å²) in [6.45, 7) is 3.89. The number of nitrogens with zero attached hydrogens (tertiary/aromatic N) is 2. The molecule has 0 saturated heterocycles. The van der Waals surface area contributed by atoms with Crippen molar-refractivity contribution in [1.82, 2.24) is 9.97 Å². The van der Waals surface area contributed by atoms with Crippen LogP contribution in [-0.2, 0) is 4.79 Å². The standard InChI is InChI=1S/C19H19FN3OPS/c1-10-13(8-21-9-14(10)20)11-3-4-15-16(5-11)26-18(22-15)23-17(24)12-6-19(2,25)7-12/h3-5,8-9,12H,6-7,25H2,1-2H3,(H,22,23,24). The topological polar surface area (TPSA) is 54.9 Å². The first-order valence-corrected chi connectivity index (χ1v) is 9.83. The van der Waals surface area contributed by atoms with Crippen molar-refractivity contribution in [2.45, 2.75) is 31.8 Å². The molecule has 1 aromatic carbocycles. The molecule has 3 aromatic rings.